The highest BCUT2D eigenvalue weighted by Gasteiger charge is 2.27. The Kier molecular flexibility index (Phi) is 6.79. The van der Waals surface area contributed by atoms with Gasteiger partial charge in [-0.05, 0) is 69.8 Å². The van der Waals surface area contributed by atoms with E-state index >= 15 is 0 Å². The number of ether oxygens (including phenoxy) is 2. The third-order valence-corrected chi connectivity index (χ3v) is 6.77. The number of Topliss-reactive ketones (excluding diaryl/α,β-unsaturated/α-hetero) is 1. The lowest BCUT2D eigenvalue weighted by molar-refractivity contribution is 0.0836. The largest absolute Gasteiger partial charge is 0.493 e. The van der Waals surface area contributed by atoms with E-state index in [1.54, 1.807) is 37.0 Å². The molecule has 0 radical (unpaired) electrons. The quantitative estimate of drug-likeness (QED) is 0.661. The van der Waals surface area contributed by atoms with Crippen molar-refractivity contribution in [2.24, 2.45) is 5.92 Å². The van der Waals surface area contributed by atoms with Crippen LogP contribution in [0.15, 0.2) is 27.8 Å². The van der Waals surface area contributed by atoms with Gasteiger partial charge >= 0.3 is 5.69 Å². The maximum absolute atomic E-state index is 13.0. The number of nitrogens with zero attached hydrogens (tertiary/aromatic N) is 2. The number of ketones is 1. The Morgan fingerprint density at radius 2 is 1.75 bits per heavy atom. The van der Waals surface area contributed by atoms with E-state index in [0.717, 1.165) is 69.4 Å². The lowest BCUT2D eigenvalue weighted by Gasteiger charge is -2.32. The Balaban J connectivity index is 1.37. The topological polar surface area (TPSA) is 93.6 Å². The van der Waals surface area contributed by atoms with Gasteiger partial charge in [0.25, 0.3) is 5.56 Å². The number of likely N-dealkylation sites (tertiary alicyclic amines) is 1. The highest BCUT2D eigenvalue weighted by Crippen LogP contribution is 2.30. The summed E-state index contributed by atoms with van der Waals surface area (Å²) < 4.78 is 12.3. The SMILES string of the molecule is COc1ccc(C(=O)C2CCN(CCn3c4c(c(=O)[nH]c3=O)CCCC4)CC2)cc1OC. The van der Waals surface area contributed by atoms with Crippen molar-refractivity contribution < 1.29 is 14.3 Å². The summed E-state index contributed by atoms with van der Waals surface area (Å²) in [6.07, 6.45) is 5.11. The second-order valence-corrected chi connectivity index (χ2v) is 8.59. The number of carbonyl (C=O) groups excluding carboxylic acids is 1. The van der Waals surface area contributed by atoms with Crippen LogP contribution >= 0.6 is 0 Å². The minimum absolute atomic E-state index is 0.0205. The number of hydrogen-bond acceptors (Lipinski definition) is 6. The summed E-state index contributed by atoms with van der Waals surface area (Å²) in [4.78, 5) is 42.3. The van der Waals surface area contributed by atoms with Crippen LogP contribution in [-0.4, -0.2) is 54.1 Å². The van der Waals surface area contributed by atoms with Crippen molar-refractivity contribution in [3.8, 4) is 11.5 Å². The van der Waals surface area contributed by atoms with Gasteiger partial charge in [0.2, 0.25) is 0 Å². The molecule has 172 valence electrons. The van der Waals surface area contributed by atoms with Gasteiger partial charge in [-0.3, -0.25) is 19.1 Å². The number of rotatable bonds is 7. The molecule has 0 bridgehead atoms. The minimum Gasteiger partial charge on any atom is -0.493 e. The van der Waals surface area contributed by atoms with Crippen molar-refractivity contribution in [3.63, 3.8) is 0 Å². The summed E-state index contributed by atoms with van der Waals surface area (Å²) in [6, 6.07) is 5.31. The Hall–Kier alpha value is -2.87. The van der Waals surface area contributed by atoms with Crippen molar-refractivity contribution in [3.05, 3.63) is 55.9 Å². The van der Waals surface area contributed by atoms with Crippen LogP contribution in [0, 0.1) is 5.92 Å². The number of methoxy groups -OCH3 is 2. The molecule has 2 aliphatic rings. The number of aromatic amines is 1. The predicted molar refractivity (Wildman–Crippen MR) is 121 cm³/mol. The van der Waals surface area contributed by atoms with Crippen molar-refractivity contribution in [1.82, 2.24) is 14.5 Å². The first-order chi connectivity index (χ1) is 15.5. The standard InChI is InChI=1S/C24H31N3O5/c1-31-20-8-7-17(15-21(20)32-2)22(28)16-9-11-26(12-10-16)13-14-27-19-6-4-3-5-18(19)23(29)25-24(27)30/h7-8,15-16H,3-6,9-14H2,1-2H3,(H,25,29,30). The van der Waals surface area contributed by atoms with Gasteiger partial charge in [-0.2, -0.15) is 0 Å². The molecule has 0 unspecified atom stereocenters. The summed E-state index contributed by atoms with van der Waals surface area (Å²) in [7, 11) is 3.14. The highest BCUT2D eigenvalue weighted by molar-refractivity contribution is 5.98. The van der Waals surface area contributed by atoms with Gasteiger partial charge in [-0.15, -0.1) is 0 Å². The number of fused-ring (bicyclic) bond motifs is 1. The summed E-state index contributed by atoms with van der Waals surface area (Å²) in [5.74, 6) is 1.29. The van der Waals surface area contributed by atoms with Gasteiger partial charge in [0.15, 0.2) is 17.3 Å². The van der Waals surface area contributed by atoms with Gasteiger partial charge < -0.3 is 14.4 Å². The molecule has 2 heterocycles. The fourth-order valence-corrected chi connectivity index (χ4v) is 4.92. The average molecular weight is 442 g/mol. The zero-order valence-electron chi connectivity index (χ0n) is 18.8. The number of carbonyl (C=O) groups is 1. The molecule has 0 amide bonds. The first-order valence-electron chi connectivity index (χ1n) is 11.3. The molecule has 0 saturated carbocycles. The van der Waals surface area contributed by atoms with Gasteiger partial charge in [0, 0.05) is 35.8 Å². The number of benzene rings is 1. The van der Waals surface area contributed by atoms with E-state index in [0.29, 0.717) is 23.6 Å². The second kappa shape index (κ2) is 9.73. The maximum atomic E-state index is 13.0. The minimum atomic E-state index is -0.311. The lowest BCUT2D eigenvalue weighted by atomic mass is 9.88. The molecule has 8 nitrogen and oxygen atoms in total. The fraction of sp³-hybridized carbons (Fsp3) is 0.542. The molecule has 8 heteroatoms. The zero-order chi connectivity index (χ0) is 22.7. The van der Waals surface area contributed by atoms with Crippen LogP contribution in [-0.2, 0) is 19.4 Å². The van der Waals surface area contributed by atoms with E-state index in [-0.39, 0.29) is 23.0 Å². The molecule has 1 saturated heterocycles. The Morgan fingerprint density at radius 1 is 1.03 bits per heavy atom. The summed E-state index contributed by atoms with van der Waals surface area (Å²) in [5, 5.41) is 0. The normalized spacial score (nSPS) is 17.1. The maximum Gasteiger partial charge on any atom is 0.328 e. The Bertz CT molecular complexity index is 1100. The van der Waals surface area contributed by atoms with E-state index in [4.69, 9.17) is 9.47 Å². The molecule has 1 aliphatic carbocycles. The van der Waals surface area contributed by atoms with Crippen molar-refractivity contribution in [2.45, 2.75) is 45.1 Å². The molecule has 32 heavy (non-hydrogen) atoms. The molecular formula is C24H31N3O5. The van der Waals surface area contributed by atoms with E-state index in [2.05, 4.69) is 9.88 Å². The molecule has 4 rings (SSSR count). The molecule has 1 aliphatic heterocycles. The van der Waals surface area contributed by atoms with Crippen LogP contribution in [0.5, 0.6) is 11.5 Å². The number of H-pyrrole nitrogens is 1. The van der Waals surface area contributed by atoms with Crippen LogP contribution in [0.2, 0.25) is 0 Å². The molecule has 1 aromatic carbocycles. The van der Waals surface area contributed by atoms with Crippen molar-refractivity contribution in [1.29, 1.82) is 0 Å². The number of nitrogens with one attached hydrogen (secondary N) is 1. The van der Waals surface area contributed by atoms with E-state index in [9.17, 15) is 14.4 Å². The van der Waals surface area contributed by atoms with Gasteiger partial charge in [-0.1, -0.05) is 0 Å². The van der Waals surface area contributed by atoms with Crippen LogP contribution in [0.3, 0.4) is 0 Å². The van der Waals surface area contributed by atoms with Gasteiger partial charge in [0.1, 0.15) is 0 Å². The number of aromatic nitrogens is 2. The third kappa shape index (κ3) is 4.50. The van der Waals surface area contributed by atoms with E-state index < -0.39 is 0 Å². The van der Waals surface area contributed by atoms with Crippen molar-refractivity contribution >= 4 is 5.78 Å². The smallest absolute Gasteiger partial charge is 0.328 e. The van der Waals surface area contributed by atoms with E-state index in [1.165, 1.54) is 0 Å². The summed E-state index contributed by atoms with van der Waals surface area (Å²) in [5.41, 5.74) is 1.79. The molecule has 1 N–H and O–H groups in total. The second-order valence-electron chi connectivity index (χ2n) is 8.59. The molecule has 1 fully saturated rings. The van der Waals surface area contributed by atoms with Crippen LogP contribution in [0.4, 0.5) is 0 Å². The summed E-state index contributed by atoms with van der Waals surface area (Å²) >= 11 is 0. The van der Waals surface area contributed by atoms with Crippen LogP contribution in [0.1, 0.15) is 47.3 Å². The molecule has 0 atom stereocenters. The molecule has 0 spiro atoms. The van der Waals surface area contributed by atoms with Gasteiger partial charge in [0.05, 0.1) is 14.2 Å². The Labute approximate surface area is 187 Å². The first-order valence-corrected chi connectivity index (χ1v) is 11.3. The van der Waals surface area contributed by atoms with Crippen LogP contribution in [0.25, 0.3) is 0 Å². The predicted octanol–water partition coefficient (Wildman–Crippen LogP) is 2.03. The molecule has 1 aromatic heterocycles. The average Bonchev–Trinajstić information content (AvgIpc) is 2.83. The lowest BCUT2D eigenvalue weighted by Crippen LogP contribution is -2.42. The van der Waals surface area contributed by atoms with Gasteiger partial charge in [-0.25, -0.2) is 4.79 Å². The molecular weight excluding hydrogens is 410 g/mol. The monoisotopic (exact) mass is 441 g/mol. The van der Waals surface area contributed by atoms with E-state index in [1.807, 2.05) is 0 Å². The van der Waals surface area contributed by atoms with Crippen LogP contribution < -0.4 is 20.7 Å². The third-order valence-electron chi connectivity index (χ3n) is 6.77. The Morgan fingerprint density at radius 3 is 2.47 bits per heavy atom. The van der Waals surface area contributed by atoms with Crippen molar-refractivity contribution in [2.75, 3.05) is 33.9 Å². The highest BCUT2D eigenvalue weighted by atomic mass is 16.5. The number of hydrogen-bond donors (Lipinski definition) is 1. The molecule has 2 aromatic rings. The fourth-order valence-electron chi connectivity index (χ4n) is 4.92. The first kappa shape index (κ1) is 22.3. The number of piperidine rings is 1. The zero-order valence-corrected chi connectivity index (χ0v) is 18.8. The summed E-state index contributed by atoms with van der Waals surface area (Å²) in [6.45, 7) is 2.91.